The van der Waals surface area contributed by atoms with E-state index in [2.05, 4.69) is 27.7 Å². The van der Waals surface area contributed by atoms with Crippen molar-refractivity contribution in [2.75, 3.05) is 5.73 Å². The van der Waals surface area contributed by atoms with E-state index in [1.807, 2.05) is 63.2 Å². The van der Waals surface area contributed by atoms with Gasteiger partial charge in [0, 0.05) is 34.7 Å². The number of anilines is 1. The number of ketones is 1. The van der Waals surface area contributed by atoms with Crippen molar-refractivity contribution < 1.29 is 14.7 Å². The molecule has 2 aromatic carbocycles. The lowest BCUT2D eigenvalue weighted by Crippen LogP contribution is -2.36. The number of carboxylic acids is 1. The molecule has 0 fully saturated rings. The molecule has 3 rings (SSSR count). The highest BCUT2D eigenvalue weighted by Gasteiger charge is 2.40. The van der Waals surface area contributed by atoms with E-state index in [1.165, 1.54) is 0 Å². The maximum absolute atomic E-state index is 13.8. The van der Waals surface area contributed by atoms with Crippen LogP contribution in [-0.4, -0.2) is 26.8 Å². The van der Waals surface area contributed by atoms with Crippen molar-refractivity contribution in [2.24, 2.45) is 0 Å². The summed E-state index contributed by atoms with van der Waals surface area (Å²) in [6.45, 7) is 14.2. The predicted molar refractivity (Wildman–Crippen MR) is 167 cm³/mol. The molecule has 0 aliphatic rings. The summed E-state index contributed by atoms with van der Waals surface area (Å²) in [5, 5.41) is 9.73. The predicted octanol–water partition coefficient (Wildman–Crippen LogP) is 8.07. The molecule has 0 aliphatic heterocycles. The summed E-state index contributed by atoms with van der Waals surface area (Å²) >= 11 is 6.38. The molecule has 0 aliphatic carbocycles. The number of nitrogen functional groups attached to an aromatic ring is 1. The van der Waals surface area contributed by atoms with Gasteiger partial charge in [0.25, 0.3) is 0 Å². The van der Waals surface area contributed by atoms with Crippen molar-refractivity contribution in [3.05, 3.63) is 92.4 Å². The molecule has 0 unspecified atom stereocenters. The summed E-state index contributed by atoms with van der Waals surface area (Å²) < 4.78 is 0. The molecule has 1 atom stereocenters. The molecule has 3 N–H and O–H groups in total. The molecule has 0 amide bonds. The molecule has 1 aromatic heterocycles. The van der Waals surface area contributed by atoms with E-state index in [4.69, 9.17) is 32.4 Å². The lowest BCUT2D eigenvalue weighted by atomic mass is 9.71. The van der Waals surface area contributed by atoms with Gasteiger partial charge in [-0.3, -0.25) is 9.59 Å². The summed E-state index contributed by atoms with van der Waals surface area (Å²) in [5.74, 6) is 0.222. The molecule has 0 spiro atoms. The van der Waals surface area contributed by atoms with Crippen LogP contribution in [0.4, 0.5) is 5.82 Å². The van der Waals surface area contributed by atoms with Gasteiger partial charge in [-0.1, -0.05) is 75.2 Å². The third kappa shape index (κ3) is 6.87. The maximum Gasteiger partial charge on any atom is 0.303 e. The number of aliphatic carboxylic acids is 1. The Balaban J connectivity index is 2.23. The molecular formula is C34H42ClN3O3. The van der Waals surface area contributed by atoms with Crippen LogP contribution in [0.5, 0.6) is 0 Å². The highest BCUT2D eigenvalue weighted by molar-refractivity contribution is 6.30. The van der Waals surface area contributed by atoms with Gasteiger partial charge in [-0.05, 0) is 80.3 Å². The molecule has 7 heteroatoms. The normalized spacial score (nSPS) is 13.6. The second-order valence-corrected chi connectivity index (χ2v) is 11.6. The Bertz CT molecular complexity index is 1440. The van der Waals surface area contributed by atoms with Gasteiger partial charge in [0.15, 0.2) is 5.82 Å². The van der Waals surface area contributed by atoms with Gasteiger partial charge in [-0.15, -0.1) is 0 Å². The Morgan fingerprint density at radius 1 is 1.05 bits per heavy atom. The molecule has 0 saturated heterocycles. The molecule has 218 valence electrons. The highest BCUT2D eigenvalue weighted by atomic mass is 35.5. The summed E-state index contributed by atoms with van der Waals surface area (Å²) in [5.41, 5.74) is 12.8. The number of hydrogen-bond acceptors (Lipinski definition) is 5. The van der Waals surface area contributed by atoms with E-state index in [9.17, 15) is 9.59 Å². The van der Waals surface area contributed by atoms with Crippen LogP contribution in [0.15, 0.2) is 48.0 Å². The summed E-state index contributed by atoms with van der Waals surface area (Å²) in [7, 11) is 0. The Kier molecular flexibility index (Phi) is 10.5. The Morgan fingerprint density at radius 3 is 2.24 bits per heavy atom. The third-order valence-electron chi connectivity index (χ3n) is 7.90. The van der Waals surface area contributed by atoms with Gasteiger partial charge < -0.3 is 10.8 Å². The fraction of sp³-hybridized carbons (Fsp3) is 0.412. The Morgan fingerprint density at radius 2 is 1.71 bits per heavy atom. The molecule has 0 bridgehead atoms. The fourth-order valence-electron chi connectivity index (χ4n) is 5.46. The number of carbonyl (C=O) groups excluding carboxylic acids is 1. The van der Waals surface area contributed by atoms with Gasteiger partial charge in [0.1, 0.15) is 11.6 Å². The van der Waals surface area contributed by atoms with Crippen LogP contribution in [0, 0.1) is 6.92 Å². The molecule has 0 saturated carbocycles. The van der Waals surface area contributed by atoms with E-state index >= 15 is 0 Å². The number of halogens is 1. The van der Waals surface area contributed by atoms with Gasteiger partial charge in [-0.25, -0.2) is 9.97 Å². The smallest absolute Gasteiger partial charge is 0.303 e. The van der Waals surface area contributed by atoms with Crippen molar-refractivity contribution in [1.29, 1.82) is 0 Å². The number of nitrogens with zero attached hydrogens (tertiary/aromatic N) is 2. The number of benzene rings is 2. The number of hydrogen-bond donors (Lipinski definition) is 2. The summed E-state index contributed by atoms with van der Waals surface area (Å²) in [4.78, 5) is 34.7. The number of Topliss-reactive ketones (excluding diaryl/α,β-unsaturated/α-hetero) is 1. The number of rotatable bonds is 12. The third-order valence-corrected chi connectivity index (χ3v) is 8.13. The number of carboxylic acid groups (broad SMARTS) is 1. The maximum atomic E-state index is 13.8. The minimum absolute atomic E-state index is 0.0322. The van der Waals surface area contributed by atoms with Crippen molar-refractivity contribution in [3.63, 3.8) is 0 Å². The molecule has 41 heavy (non-hydrogen) atoms. The van der Waals surface area contributed by atoms with Crippen LogP contribution in [0.2, 0.25) is 5.02 Å². The first-order valence-corrected chi connectivity index (χ1v) is 14.7. The van der Waals surface area contributed by atoms with Gasteiger partial charge in [0.05, 0.1) is 5.41 Å². The zero-order chi connectivity index (χ0) is 30.5. The molecule has 1 heterocycles. The fourth-order valence-corrected chi connectivity index (χ4v) is 5.64. The van der Waals surface area contributed by atoms with Crippen LogP contribution in [0.25, 0.3) is 5.57 Å². The van der Waals surface area contributed by atoms with Gasteiger partial charge in [-0.2, -0.15) is 0 Å². The Labute approximate surface area is 249 Å². The molecule has 6 nitrogen and oxygen atoms in total. The quantitative estimate of drug-likeness (QED) is 0.226. The minimum Gasteiger partial charge on any atom is -0.481 e. The Hall–Kier alpha value is -3.51. The van der Waals surface area contributed by atoms with Crippen LogP contribution in [-0.2, 0) is 21.4 Å². The number of aryl methyl sites for hydroxylation is 2. The van der Waals surface area contributed by atoms with Crippen LogP contribution in [0.1, 0.15) is 112 Å². The SMILES string of the molecule is CCCC(=O)[C@@](C)(c1ccc(CCC(=O)O)cc1)c1c(C)nc(/C(=C(/C)CC)c2ccc(Cl)cc2C(C)C)nc1N. The number of allylic oxidation sites excluding steroid dienone is 1. The first-order valence-electron chi connectivity index (χ1n) is 14.3. The first kappa shape index (κ1) is 32.0. The molecular weight excluding hydrogens is 534 g/mol. The minimum atomic E-state index is -1.07. The average Bonchev–Trinajstić information content (AvgIpc) is 2.92. The highest BCUT2D eigenvalue weighted by Crippen LogP contribution is 2.41. The van der Waals surface area contributed by atoms with Crippen molar-refractivity contribution in [2.45, 2.75) is 91.9 Å². The van der Waals surface area contributed by atoms with Crippen molar-refractivity contribution in [3.8, 4) is 0 Å². The van der Waals surface area contributed by atoms with Crippen molar-refractivity contribution in [1.82, 2.24) is 9.97 Å². The number of carbonyl (C=O) groups is 2. The van der Waals surface area contributed by atoms with E-state index in [1.54, 1.807) is 0 Å². The summed E-state index contributed by atoms with van der Waals surface area (Å²) in [6.07, 6.45) is 2.34. The lowest BCUT2D eigenvalue weighted by molar-refractivity contribution is -0.137. The second-order valence-electron chi connectivity index (χ2n) is 11.2. The standard InChI is InChI=1S/C34H42ClN3O3/c1-8-10-28(39)34(7,24-14-11-23(12-15-24)13-18-29(40)41)31-22(6)37-33(38-32(31)36)30(21(5)9-2)26-17-16-25(35)19-27(26)20(3)4/h11-12,14-17,19-20H,8-10,13,18H2,1-7H3,(H,40,41)(H2,36,37,38)/b30-21-/t34-/m1/s1. The monoisotopic (exact) mass is 575 g/mol. The van der Waals surface area contributed by atoms with E-state index in [-0.39, 0.29) is 23.9 Å². The van der Waals surface area contributed by atoms with E-state index in [0.717, 1.165) is 39.8 Å². The zero-order valence-corrected chi connectivity index (χ0v) is 26.0. The van der Waals surface area contributed by atoms with Crippen LogP contribution < -0.4 is 5.73 Å². The second kappa shape index (κ2) is 13.4. The summed E-state index contributed by atoms with van der Waals surface area (Å²) in [6, 6.07) is 13.5. The van der Waals surface area contributed by atoms with Gasteiger partial charge >= 0.3 is 5.97 Å². The number of nitrogens with two attached hydrogens (primary N) is 1. The topological polar surface area (TPSA) is 106 Å². The van der Waals surface area contributed by atoms with Crippen LogP contribution >= 0.6 is 11.6 Å². The number of aromatic nitrogens is 2. The zero-order valence-electron chi connectivity index (χ0n) is 25.3. The lowest BCUT2D eigenvalue weighted by Gasteiger charge is -2.32. The van der Waals surface area contributed by atoms with E-state index < -0.39 is 11.4 Å². The largest absolute Gasteiger partial charge is 0.481 e. The van der Waals surface area contributed by atoms with Gasteiger partial charge in [0.2, 0.25) is 0 Å². The van der Waals surface area contributed by atoms with Crippen LogP contribution in [0.3, 0.4) is 0 Å². The first-order chi connectivity index (χ1) is 19.3. The molecule has 3 aromatic rings. The van der Waals surface area contributed by atoms with E-state index in [0.29, 0.717) is 41.4 Å². The average molecular weight is 576 g/mol. The molecule has 0 radical (unpaired) electrons. The van der Waals surface area contributed by atoms with Crippen molar-refractivity contribution >= 4 is 34.7 Å².